The molecule has 2 N–H and O–H groups in total. The van der Waals surface area contributed by atoms with Gasteiger partial charge in [-0.15, -0.1) is 0 Å². The number of esters is 1. The van der Waals surface area contributed by atoms with Crippen LogP contribution in [-0.4, -0.2) is 23.8 Å². The molecule has 3 rings (SSSR count). The minimum atomic E-state index is -0.891. The van der Waals surface area contributed by atoms with Gasteiger partial charge in [0.05, 0.1) is 0 Å². The second kappa shape index (κ2) is 8.86. The van der Waals surface area contributed by atoms with Crippen LogP contribution in [0.15, 0.2) is 48.5 Å². The fourth-order valence-corrected chi connectivity index (χ4v) is 2.73. The van der Waals surface area contributed by atoms with Crippen molar-refractivity contribution in [1.29, 1.82) is 0 Å². The molecule has 1 unspecified atom stereocenters. The highest BCUT2D eigenvalue weighted by atomic mass is 19.1. The molecule has 0 aromatic heterocycles. The van der Waals surface area contributed by atoms with Crippen molar-refractivity contribution in [3.8, 4) is 5.75 Å². The van der Waals surface area contributed by atoms with E-state index in [9.17, 15) is 18.8 Å². The van der Waals surface area contributed by atoms with Crippen molar-refractivity contribution in [2.24, 2.45) is 11.8 Å². The van der Waals surface area contributed by atoms with Gasteiger partial charge >= 0.3 is 5.97 Å². The number of halogens is 1. The lowest BCUT2D eigenvalue weighted by atomic mass is 10.0. The molecule has 7 heteroatoms. The van der Waals surface area contributed by atoms with Crippen molar-refractivity contribution in [2.45, 2.75) is 32.7 Å². The molecule has 1 atom stereocenters. The highest BCUT2D eigenvalue weighted by molar-refractivity contribution is 5.97. The molecule has 6 nitrogen and oxygen atoms in total. The van der Waals surface area contributed by atoms with Gasteiger partial charge in [-0.1, -0.05) is 19.9 Å². The summed E-state index contributed by atoms with van der Waals surface area (Å²) in [5.41, 5.74) is 0.790. The third-order valence-corrected chi connectivity index (χ3v) is 4.58. The van der Waals surface area contributed by atoms with Crippen LogP contribution in [0, 0.1) is 17.7 Å². The molecule has 0 bridgehead atoms. The Hall–Kier alpha value is -3.22. The Morgan fingerprint density at radius 2 is 1.76 bits per heavy atom. The van der Waals surface area contributed by atoms with Gasteiger partial charge in [-0.05, 0) is 55.2 Å². The second-order valence-electron chi connectivity index (χ2n) is 7.41. The number of anilines is 1. The van der Waals surface area contributed by atoms with Crippen LogP contribution in [-0.2, 0) is 9.59 Å². The molecule has 1 saturated carbocycles. The van der Waals surface area contributed by atoms with Gasteiger partial charge in [-0.2, -0.15) is 0 Å². The molecule has 1 fully saturated rings. The zero-order valence-corrected chi connectivity index (χ0v) is 16.3. The molecule has 0 saturated heterocycles. The number of nitrogens with one attached hydrogen (secondary N) is 2. The largest absolute Gasteiger partial charge is 0.425 e. The van der Waals surface area contributed by atoms with Crippen LogP contribution in [0.5, 0.6) is 5.75 Å². The van der Waals surface area contributed by atoms with E-state index in [0.29, 0.717) is 5.69 Å². The van der Waals surface area contributed by atoms with Crippen LogP contribution in [0.3, 0.4) is 0 Å². The van der Waals surface area contributed by atoms with Crippen LogP contribution in [0.2, 0.25) is 0 Å². The molecule has 2 aromatic carbocycles. The van der Waals surface area contributed by atoms with Crippen molar-refractivity contribution in [2.75, 3.05) is 5.32 Å². The van der Waals surface area contributed by atoms with E-state index in [1.54, 1.807) is 38.1 Å². The van der Waals surface area contributed by atoms with E-state index in [2.05, 4.69) is 10.6 Å². The molecular formula is C22H23FN2O4. The lowest BCUT2D eigenvalue weighted by Gasteiger charge is -2.21. The minimum absolute atomic E-state index is 0.0416. The van der Waals surface area contributed by atoms with Crippen LogP contribution in [0.4, 0.5) is 10.1 Å². The van der Waals surface area contributed by atoms with Crippen LogP contribution in [0.1, 0.15) is 37.0 Å². The Morgan fingerprint density at radius 1 is 1.07 bits per heavy atom. The fourth-order valence-electron chi connectivity index (χ4n) is 2.73. The predicted molar refractivity (Wildman–Crippen MR) is 106 cm³/mol. The number of carbonyl (C=O) groups is 3. The topological polar surface area (TPSA) is 84.5 Å². The summed E-state index contributed by atoms with van der Waals surface area (Å²) >= 11 is 0. The first kappa shape index (κ1) is 20.5. The quantitative estimate of drug-likeness (QED) is 0.552. The maximum atomic E-state index is 13.0. The van der Waals surface area contributed by atoms with E-state index in [-0.39, 0.29) is 29.1 Å². The van der Waals surface area contributed by atoms with Crippen molar-refractivity contribution in [1.82, 2.24) is 5.32 Å². The Balaban J connectivity index is 1.65. The average Bonchev–Trinajstić information content (AvgIpc) is 3.51. The number of hydrogen-bond acceptors (Lipinski definition) is 4. The summed E-state index contributed by atoms with van der Waals surface area (Å²) < 4.78 is 18.5. The van der Waals surface area contributed by atoms with E-state index in [1.165, 1.54) is 24.3 Å². The highest BCUT2D eigenvalue weighted by Crippen LogP contribution is 2.30. The molecule has 152 valence electrons. The first-order chi connectivity index (χ1) is 13.8. The zero-order valence-electron chi connectivity index (χ0n) is 16.3. The van der Waals surface area contributed by atoms with E-state index in [1.807, 2.05) is 0 Å². The molecule has 2 amide bonds. The molecule has 0 spiro atoms. The molecule has 1 aliphatic carbocycles. The Bertz CT molecular complexity index is 907. The Morgan fingerprint density at radius 3 is 2.38 bits per heavy atom. The fraction of sp³-hybridized carbons (Fsp3) is 0.318. The molecule has 0 heterocycles. The van der Waals surface area contributed by atoms with E-state index in [4.69, 9.17) is 4.74 Å². The van der Waals surface area contributed by atoms with Gasteiger partial charge < -0.3 is 15.4 Å². The maximum Gasteiger partial charge on any atom is 0.334 e. The van der Waals surface area contributed by atoms with Crippen molar-refractivity contribution >= 4 is 23.5 Å². The van der Waals surface area contributed by atoms with Crippen molar-refractivity contribution < 1.29 is 23.5 Å². The summed E-state index contributed by atoms with van der Waals surface area (Å²) in [4.78, 5) is 36.9. The van der Waals surface area contributed by atoms with Crippen LogP contribution in [0.25, 0.3) is 0 Å². The van der Waals surface area contributed by atoms with E-state index < -0.39 is 23.7 Å². The van der Waals surface area contributed by atoms with Crippen molar-refractivity contribution in [3.63, 3.8) is 0 Å². The first-order valence-electron chi connectivity index (χ1n) is 9.52. The van der Waals surface area contributed by atoms with Gasteiger partial charge in [0.15, 0.2) is 0 Å². The second-order valence-corrected chi connectivity index (χ2v) is 7.41. The lowest BCUT2D eigenvalue weighted by molar-refractivity contribution is -0.137. The van der Waals surface area contributed by atoms with E-state index >= 15 is 0 Å². The van der Waals surface area contributed by atoms with Crippen LogP contribution < -0.4 is 15.4 Å². The van der Waals surface area contributed by atoms with E-state index in [0.717, 1.165) is 12.8 Å². The van der Waals surface area contributed by atoms with Gasteiger partial charge in [0.25, 0.3) is 5.91 Å². The minimum Gasteiger partial charge on any atom is -0.425 e. The molecule has 1 aliphatic rings. The number of carbonyl (C=O) groups excluding carboxylic acids is 3. The van der Waals surface area contributed by atoms with Gasteiger partial charge in [0.2, 0.25) is 5.91 Å². The maximum absolute atomic E-state index is 13.0. The summed E-state index contributed by atoms with van der Waals surface area (Å²) in [6, 6.07) is 10.7. The van der Waals surface area contributed by atoms with Gasteiger partial charge in [0, 0.05) is 23.2 Å². The summed E-state index contributed by atoms with van der Waals surface area (Å²) in [5.74, 6) is -1.51. The Kier molecular flexibility index (Phi) is 6.26. The van der Waals surface area contributed by atoms with Gasteiger partial charge in [-0.25, -0.2) is 9.18 Å². The Labute approximate surface area is 168 Å². The third kappa shape index (κ3) is 5.63. The average molecular weight is 398 g/mol. The standard InChI is InChI=1S/C22H23FN2O4/c1-13(2)19(25-21(27)15-8-10-16(23)11-9-15)22(28)29-18-5-3-4-17(12-18)24-20(26)14-6-7-14/h3-5,8-14,19H,6-7H2,1-2H3,(H,24,26)(H,25,27). The number of benzene rings is 2. The lowest BCUT2D eigenvalue weighted by Crippen LogP contribution is -2.46. The number of rotatable bonds is 7. The molecular weight excluding hydrogens is 375 g/mol. The zero-order chi connectivity index (χ0) is 21.0. The first-order valence-corrected chi connectivity index (χ1v) is 9.52. The molecule has 0 radical (unpaired) electrons. The number of hydrogen-bond donors (Lipinski definition) is 2. The predicted octanol–water partition coefficient (Wildman–Crippen LogP) is 3.53. The van der Waals surface area contributed by atoms with Crippen LogP contribution >= 0.6 is 0 Å². The number of amides is 2. The van der Waals surface area contributed by atoms with Crippen molar-refractivity contribution in [3.05, 3.63) is 59.9 Å². The normalized spacial score (nSPS) is 14.2. The number of ether oxygens (including phenoxy) is 1. The molecule has 0 aliphatic heterocycles. The summed E-state index contributed by atoms with van der Waals surface area (Å²) in [6.07, 6.45) is 1.79. The van der Waals surface area contributed by atoms with Gasteiger partial charge in [0.1, 0.15) is 17.6 Å². The summed E-state index contributed by atoms with van der Waals surface area (Å²) in [6.45, 7) is 3.56. The summed E-state index contributed by atoms with van der Waals surface area (Å²) in [5, 5.41) is 5.43. The summed E-state index contributed by atoms with van der Waals surface area (Å²) in [7, 11) is 0. The molecule has 2 aromatic rings. The SMILES string of the molecule is CC(C)C(NC(=O)c1ccc(F)cc1)C(=O)Oc1cccc(NC(=O)C2CC2)c1. The smallest absolute Gasteiger partial charge is 0.334 e. The highest BCUT2D eigenvalue weighted by Gasteiger charge is 2.30. The van der Waals surface area contributed by atoms with Gasteiger partial charge in [-0.3, -0.25) is 9.59 Å². The third-order valence-electron chi connectivity index (χ3n) is 4.58. The monoisotopic (exact) mass is 398 g/mol. The molecule has 29 heavy (non-hydrogen) atoms.